The van der Waals surface area contributed by atoms with E-state index in [1.54, 1.807) is 0 Å². The van der Waals surface area contributed by atoms with E-state index in [-0.39, 0.29) is 6.15 Å². The summed E-state index contributed by atoms with van der Waals surface area (Å²) in [7, 11) is 9.75. The van der Waals surface area contributed by atoms with E-state index >= 15 is 0 Å². The van der Waals surface area contributed by atoms with Crippen molar-refractivity contribution in [3.05, 3.63) is 0 Å². The van der Waals surface area contributed by atoms with Gasteiger partial charge in [0.1, 0.15) is 0 Å². The Bertz CT molecular complexity index is 110. The van der Waals surface area contributed by atoms with Crippen LogP contribution in [0.5, 0.6) is 0 Å². The molecule has 0 radical (unpaired) electrons. The van der Waals surface area contributed by atoms with Crippen molar-refractivity contribution in [2.24, 2.45) is 5.92 Å². The summed E-state index contributed by atoms with van der Waals surface area (Å²) in [5.74, 6) is 0.403. The molecule has 3 N–H and O–H groups in total. The third-order valence-electron chi connectivity index (χ3n) is 1.54. The Balaban J connectivity index is 0. The molecule has 0 amide bonds. The second-order valence-electron chi connectivity index (χ2n) is 2.16. The fourth-order valence-corrected chi connectivity index (χ4v) is 1.05. The first-order valence-corrected chi connectivity index (χ1v) is 8.70. The van der Waals surface area contributed by atoms with Crippen LogP contribution in [0.25, 0.3) is 0 Å². The molecule has 1 rings (SSSR count). The molecule has 0 aliphatic heterocycles. The van der Waals surface area contributed by atoms with E-state index in [4.69, 9.17) is 24.1 Å². The summed E-state index contributed by atoms with van der Waals surface area (Å²) in [5, 5.41) is 8.32. The molecule has 1 fully saturated rings. The Kier molecular flexibility index (Phi) is 13.9. The second kappa shape index (κ2) is 10.7. The van der Waals surface area contributed by atoms with Gasteiger partial charge in [-0.05, 0) is 12.8 Å². The van der Waals surface area contributed by atoms with Gasteiger partial charge in [0.25, 0.3) is 0 Å². The molecule has 0 unspecified atom stereocenters. The maximum absolute atomic E-state index is 8.32. The minimum absolute atomic E-state index is 0. The fourth-order valence-electron chi connectivity index (χ4n) is 1.05. The van der Waals surface area contributed by atoms with Crippen molar-refractivity contribution in [1.29, 1.82) is 5.26 Å². The van der Waals surface area contributed by atoms with Crippen molar-refractivity contribution in [1.82, 2.24) is 6.15 Å². The zero-order chi connectivity index (χ0) is 7.82. The van der Waals surface area contributed by atoms with E-state index in [9.17, 15) is 0 Å². The number of nitrogens with zero attached hydrogens (tertiary/aromatic N) is 1. The molecule has 0 heterocycles. The molecule has 1 saturated carbocycles. The van der Waals surface area contributed by atoms with Gasteiger partial charge in [-0.15, -0.1) is 0 Å². The summed E-state index contributed by atoms with van der Waals surface area (Å²) in [6.07, 6.45) is 4.85. The molecule has 0 bridgehead atoms. The summed E-state index contributed by atoms with van der Waals surface area (Å²) < 4.78 is 0. The van der Waals surface area contributed by atoms with E-state index in [1.165, 1.54) is 12.8 Å². The number of rotatable bonds is 0. The van der Waals surface area contributed by atoms with E-state index in [1.807, 2.05) is 0 Å². The average Bonchev–Trinajstić information content (AvgIpc) is 2.39. The summed E-state index contributed by atoms with van der Waals surface area (Å²) in [4.78, 5) is 0. The topological polar surface area (TPSA) is 58.8 Å². The zero-order valence-electron chi connectivity index (χ0n) is 6.13. The minimum atomic E-state index is -0.472. The molecular formula is C6H12Cl2N2Pt. The van der Waals surface area contributed by atoms with Crippen LogP contribution in [0, 0.1) is 17.2 Å². The van der Waals surface area contributed by atoms with Gasteiger partial charge in [0.2, 0.25) is 0 Å². The van der Waals surface area contributed by atoms with Gasteiger partial charge in [-0.2, -0.15) is 5.26 Å². The normalized spacial score (nSPS) is 16.1. The van der Waals surface area contributed by atoms with Crippen LogP contribution in [-0.4, -0.2) is 0 Å². The van der Waals surface area contributed by atoms with E-state index in [0.29, 0.717) is 5.92 Å². The summed E-state index contributed by atoms with van der Waals surface area (Å²) in [6.45, 7) is 0. The van der Waals surface area contributed by atoms with Crippen LogP contribution >= 0.6 is 18.8 Å². The Morgan fingerprint density at radius 2 is 1.64 bits per heavy atom. The molecule has 0 aromatic rings. The van der Waals surface area contributed by atoms with Crippen molar-refractivity contribution in [2.45, 2.75) is 25.7 Å². The molecule has 70 valence electrons. The fraction of sp³-hybridized carbons (Fsp3) is 0.833. The monoisotopic (exact) mass is 377 g/mol. The Labute approximate surface area is 84.2 Å². The second-order valence-corrected chi connectivity index (χ2v) is 5.44. The molecule has 1 aliphatic carbocycles. The molecule has 0 saturated heterocycles. The van der Waals surface area contributed by atoms with Gasteiger partial charge in [0.15, 0.2) is 0 Å². The molecule has 5 heteroatoms. The molecule has 1 aliphatic rings. The van der Waals surface area contributed by atoms with Crippen LogP contribution in [-0.2, 0) is 16.5 Å². The van der Waals surface area contributed by atoms with Crippen LogP contribution in [0.2, 0.25) is 0 Å². The van der Waals surface area contributed by atoms with E-state index < -0.39 is 16.5 Å². The van der Waals surface area contributed by atoms with Crippen molar-refractivity contribution in [2.75, 3.05) is 0 Å². The molecule has 0 aromatic carbocycles. The molecule has 2 nitrogen and oxygen atoms in total. The van der Waals surface area contributed by atoms with Crippen LogP contribution in [0.15, 0.2) is 0 Å². The SMILES string of the molecule is N.N#CC1CCCC1.[Cl][Pt][Cl]. The molecule has 11 heavy (non-hydrogen) atoms. The standard InChI is InChI=1S/C6H9N.2ClH.H3N.Pt/c7-5-6-3-1-2-4-6;;;;/h6H,1-4H2;2*1H;1H3;/q;;;;+2/p-2. The summed E-state index contributed by atoms with van der Waals surface area (Å²) in [6, 6.07) is 2.26. The number of hydrogen-bond donors (Lipinski definition) is 1. The molecule has 0 atom stereocenters. The van der Waals surface area contributed by atoms with Gasteiger partial charge in [0.05, 0.1) is 6.07 Å². The van der Waals surface area contributed by atoms with Crippen LogP contribution in [0.1, 0.15) is 25.7 Å². The van der Waals surface area contributed by atoms with Gasteiger partial charge >= 0.3 is 35.3 Å². The Hall–Kier alpha value is 0.718. The zero-order valence-corrected chi connectivity index (χ0v) is 9.92. The Morgan fingerprint density at radius 1 is 1.27 bits per heavy atom. The summed E-state index contributed by atoms with van der Waals surface area (Å²) >= 11 is -0.472. The van der Waals surface area contributed by atoms with Gasteiger partial charge in [-0.3, -0.25) is 0 Å². The number of halogens is 2. The van der Waals surface area contributed by atoms with Crippen LogP contribution < -0.4 is 6.15 Å². The maximum atomic E-state index is 8.32. The first kappa shape index (κ1) is 14.3. The van der Waals surface area contributed by atoms with Crippen molar-refractivity contribution < 1.29 is 16.5 Å². The third-order valence-corrected chi connectivity index (χ3v) is 1.54. The van der Waals surface area contributed by atoms with Crippen LogP contribution in [0.4, 0.5) is 0 Å². The first-order valence-electron chi connectivity index (χ1n) is 3.07. The molecule has 0 spiro atoms. The van der Waals surface area contributed by atoms with Gasteiger partial charge in [-0.1, -0.05) is 12.8 Å². The quantitative estimate of drug-likeness (QED) is 0.704. The van der Waals surface area contributed by atoms with E-state index in [0.717, 1.165) is 12.8 Å². The number of nitriles is 1. The Morgan fingerprint density at radius 3 is 1.82 bits per heavy atom. The predicted molar refractivity (Wildman–Crippen MR) is 44.3 cm³/mol. The number of hydrogen-bond acceptors (Lipinski definition) is 2. The average molecular weight is 378 g/mol. The van der Waals surface area contributed by atoms with Gasteiger partial charge in [0, 0.05) is 5.92 Å². The first-order chi connectivity index (χ1) is 4.85. The molecule has 0 aromatic heterocycles. The van der Waals surface area contributed by atoms with Gasteiger partial charge < -0.3 is 6.15 Å². The van der Waals surface area contributed by atoms with Crippen molar-refractivity contribution in [3.63, 3.8) is 0 Å². The van der Waals surface area contributed by atoms with Crippen LogP contribution in [0.3, 0.4) is 0 Å². The third kappa shape index (κ3) is 8.63. The molecular weight excluding hydrogens is 366 g/mol. The van der Waals surface area contributed by atoms with Crippen molar-refractivity contribution >= 4 is 18.8 Å². The van der Waals surface area contributed by atoms with E-state index in [2.05, 4.69) is 6.07 Å². The van der Waals surface area contributed by atoms with Crippen molar-refractivity contribution in [3.8, 4) is 6.07 Å². The summed E-state index contributed by atoms with van der Waals surface area (Å²) in [5.41, 5.74) is 0. The van der Waals surface area contributed by atoms with Gasteiger partial charge in [-0.25, -0.2) is 0 Å². The predicted octanol–water partition coefficient (Wildman–Crippen LogP) is 3.24.